The second-order valence-corrected chi connectivity index (χ2v) is 8.58. The molecule has 0 saturated carbocycles. The van der Waals surface area contributed by atoms with Crippen LogP contribution in [0.25, 0.3) is 11.0 Å². The molecule has 3 rings (SSSR count). The van der Waals surface area contributed by atoms with Crippen molar-refractivity contribution in [3.8, 4) is 5.75 Å². The lowest BCUT2D eigenvalue weighted by atomic mass is 10.3. The number of para-hydroxylation sites is 2. The van der Waals surface area contributed by atoms with Gasteiger partial charge in [0.15, 0.2) is 0 Å². The number of amides is 1. The van der Waals surface area contributed by atoms with Gasteiger partial charge in [0, 0.05) is 26.1 Å². The number of carbonyl (C=O) groups is 1. The Morgan fingerprint density at radius 1 is 1.09 bits per heavy atom. The topological polar surface area (TPSA) is 102 Å². The first-order chi connectivity index (χ1) is 15.0. The van der Waals surface area contributed by atoms with Crippen LogP contribution in [0.1, 0.15) is 12.2 Å². The van der Waals surface area contributed by atoms with Gasteiger partial charge in [-0.3, -0.25) is 4.79 Å². The van der Waals surface area contributed by atoms with Crippen molar-refractivity contribution in [2.75, 3.05) is 13.1 Å². The van der Waals surface area contributed by atoms with Crippen LogP contribution in [0.15, 0.2) is 53.4 Å². The Morgan fingerprint density at radius 2 is 1.78 bits per heavy atom. The molecule has 0 aliphatic heterocycles. The second kappa shape index (κ2) is 9.57. The molecule has 172 valence electrons. The Morgan fingerprint density at radius 3 is 2.47 bits per heavy atom. The third kappa shape index (κ3) is 6.20. The molecule has 0 unspecified atom stereocenters. The smallest absolute Gasteiger partial charge is 0.406 e. The number of halogens is 3. The first-order valence-electron chi connectivity index (χ1n) is 9.59. The molecular weight excluding hydrogens is 449 g/mol. The van der Waals surface area contributed by atoms with E-state index >= 15 is 0 Å². The number of imidazole rings is 1. The number of aromatic nitrogens is 2. The van der Waals surface area contributed by atoms with E-state index in [4.69, 9.17) is 0 Å². The SMILES string of the molecule is Cc1nc2ccccc2n1CCNC(=O)CCNS(=O)(=O)c1ccc(OC(F)(F)F)cc1. The van der Waals surface area contributed by atoms with Gasteiger partial charge in [-0.25, -0.2) is 18.1 Å². The van der Waals surface area contributed by atoms with Gasteiger partial charge < -0.3 is 14.6 Å². The van der Waals surface area contributed by atoms with Crippen molar-refractivity contribution in [1.29, 1.82) is 0 Å². The molecule has 1 heterocycles. The van der Waals surface area contributed by atoms with Crippen LogP contribution in [0.2, 0.25) is 0 Å². The van der Waals surface area contributed by atoms with E-state index in [-0.39, 0.29) is 23.8 Å². The number of aryl methyl sites for hydroxylation is 1. The summed E-state index contributed by atoms with van der Waals surface area (Å²) in [6.07, 6.45) is -4.96. The van der Waals surface area contributed by atoms with Crippen molar-refractivity contribution >= 4 is 27.0 Å². The molecule has 0 fully saturated rings. The zero-order valence-corrected chi connectivity index (χ0v) is 17.8. The van der Waals surface area contributed by atoms with Crippen LogP contribution >= 0.6 is 0 Å². The molecule has 32 heavy (non-hydrogen) atoms. The number of alkyl halides is 3. The number of ether oxygens (including phenoxy) is 1. The Kier molecular flexibility index (Phi) is 7.04. The summed E-state index contributed by atoms with van der Waals surface area (Å²) in [5.74, 6) is -0.0553. The third-order valence-electron chi connectivity index (χ3n) is 4.51. The Bertz CT molecular complexity index is 1190. The molecule has 0 aliphatic carbocycles. The molecule has 0 bridgehead atoms. The summed E-state index contributed by atoms with van der Waals surface area (Å²) in [5.41, 5.74) is 1.82. The number of hydrogen-bond donors (Lipinski definition) is 2. The van der Waals surface area contributed by atoms with Crippen molar-refractivity contribution in [2.24, 2.45) is 0 Å². The van der Waals surface area contributed by atoms with E-state index in [1.165, 1.54) is 0 Å². The summed E-state index contributed by atoms with van der Waals surface area (Å²) in [6, 6.07) is 11.4. The van der Waals surface area contributed by atoms with E-state index in [1.54, 1.807) is 0 Å². The molecule has 2 aromatic carbocycles. The highest BCUT2D eigenvalue weighted by Crippen LogP contribution is 2.23. The largest absolute Gasteiger partial charge is 0.573 e. The molecule has 12 heteroatoms. The Balaban J connectivity index is 1.45. The lowest BCUT2D eigenvalue weighted by Crippen LogP contribution is -2.32. The average molecular weight is 470 g/mol. The summed E-state index contributed by atoms with van der Waals surface area (Å²) in [7, 11) is -3.98. The number of nitrogens with one attached hydrogen (secondary N) is 2. The fourth-order valence-electron chi connectivity index (χ4n) is 3.08. The number of sulfonamides is 1. The normalized spacial score (nSPS) is 12.1. The van der Waals surface area contributed by atoms with Gasteiger partial charge in [-0.15, -0.1) is 13.2 Å². The molecule has 2 N–H and O–H groups in total. The number of hydrogen-bond acceptors (Lipinski definition) is 5. The summed E-state index contributed by atoms with van der Waals surface area (Å²) < 4.78 is 68.9. The molecule has 0 atom stereocenters. The first kappa shape index (κ1) is 23.5. The molecule has 1 amide bonds. The van der Waals surface area contributed by atoms with Crippen LogP contribution in [-0.4, -0.2) is 43.3 Å². The molecule has 0 radical (unpaired) electrons. The standard InChI is InChI=1S/C20H21F3N4O4S/c1-14-26-17-4-2-3-5-18(17)27(14)13-12-24-19(28)10-11-25-32(29,30)16-8-6-15(7-9-16)31-20(21,22)23/h2-9,25H,10-13H2,1H3,(H,24,28). The third-order valence-corrected chi connectivity index (χ3v) is 5.99. The minimum atomic E-state index is -4.87. The minimum absolute atomic E-state index is 0.0991. The van der Waals surface area contributed by atoms with Crippen LogP contribution in [-0.2, 0) is 21.4 Å². The quantitative estimate of drug-likeness (QED) is 0.501. The van der Waals surface area contributed by atoms with E-state index in [1.807, 2.05) is 35.8 Å². The van der Waals surface area contributed by atoms with Gasteiger partial charge in [-0.05, 0) is 43.3 Å². The fourth-order valence-corrected chi connectivity index (χ4v) is 4.11. The highest BCUT2D eigenvalue weighted by molar-refractivity contribution is 7.89. The van der Waals surface area contributed by atoms with Crippen LogP contribution in [0.4, 0.5) is 13.2 Å². The van der Waals surface area contributed by atoms with Crippen molar-refractivity contribution in [2.45, 2.75) is 31.1 Å². The lowest BCUT2D eigenvalue weighted by molar-refractivity contribution is -0.274. The van der Waals surface area contributed by atoms with Gasteiger partial charge >= 0.3 is 6.36 Å². The van der Waals surface area contributed by atoms with E-state index in [2.05, 4.69) is 19.8 Å². The lowest BCUT2D eigenvalue weighted by Gasteiger charge is -2.11. The van der Waals surface area contributed by atoms with Crippen LogP contribution in [0, 0.1) is 6.92 Å². The highest BCUT2D eigenvalue weighted by Gasteiger charge is 2.31. The second-order valence-electron chi connectivity index (χ2n) is 6.82. The van der Waals surface area contributed by atoms with Crippen molar-refractivity contribution < 1.29 is 31.1 Å². The molecule has 1 aromatic heterocycles. The van der Waals surface area contributed by atoms with E-state index in [0.29, 0.717) is 13.1 Å². The molecule has 3 aromatic rings. The maximum Gasteiger partial charge on any atom is 0.573 e. The molecule has 0 spiro atoms. The zero-order valence-electron chi connectivity index (χ0n) is 17.0. The van der Waals surface area contributed by atoms with Gasteiger partial charge in [0.2, 0.25) is 15.9 Å². The molecule has 0 saturated heterocycles. The monoisotopic (exact) mass is 470 g/mol. The zero-order chi connectivity index (χ0) is 23.4. The van der Waals surface area contributed by atoms with Crippen LogP contribution in [0.3, 0.4) is 0 Å². The Labute approximate surface area is 182 Å². The summed E-state index contributed by atoms with van der Waals surface area (Å²) in [4.78, 5) is 16.2. The number of benzene rings is 2. The van der Waals surface area contributed by atoms with Crippen molar-refractivity contribution in [3.63, 3.8) is 0 Å². The van der Waals surface area contributed by atoms with Crippen molar-refractivity contribution in [1.82, 2.24) is 19.6 Å². The Hall–Kier alpha value is -3.12. The number of fused-ring (bicyclic) bond motifs is 1. The van der Waals surface area contributed by atoms with Crippen molar-refractivity contribution in [3.05, 3.63) is 54.4 Å². The summed E-state index contributed by atoms with van der Waals surface area (Å²) in [5, 5.41) is 2.72. The van der Waals surface area contributed by atoms with Gasteiger partial charge in [-0.1, -0.05) is 12.1 Å². The van der Waals surface area contributed by atoms with E-state index in [0.717, 1.165) is 41.1 Å². The van der Waals surface area contributed by atoms with Gasteiger partial charge in [-0.2, -0.15) is 0 Å². The summed E-state index contributed by atoms with van der Waals surface area (Å²) in [6.45, 7) is 2.56. The number of rotatable bonds is 9. The molecular formula is C20H21F3N4O4S. The minimum Gasteiger partial charge on any atom is -0.406 e. The first-order valence-corrected chi connectivity index (χ1v) is 11.1. The molecule has 0 aliphatic rings. The highest BCUT2D eigenvalue weighted by atomic mass is 32.2. The number of nitrogens with zero attached hydrogens (tertiary/aromatic N) is 2. The van der Waals surface area contributed by atoms with Crippen LogP contribution in [0.5, 0.6) is 5.75 Å². The fraction of sp³-hybridized carbons (Fsp3) is 0.300. The van der Waals surface area contributed by atoms with Crippen LogP contribution < -0.4 is 14.8 Å². The van der Waals surface area contributed by atoms with Gasteiger partial charge in [0.05, 0.1) is 15.9 Å². The maximum atomic E-state index is 12.2. The van der Waals surface area contributed by atoms with Gasteiger partial charge in [0.1, 0.15) is 11.6 Å². The van der Waals surface area contributed by atoms with E-state index in [9.17, 15) is 26.4 Å². The maximum absolute atomic E-state index is 12.2. The summed E-state index contributed by atoms with van der Waals surface area (Å²) >= 11 is 0. The average Bonchev–Trinajstić information content (AvgIpc) is 3.02. The predicted octanol–water partition coefficient (Wildman–Crippen LogP) is 2.73. The van der Waals surface area contributed by atoms with Gasteiger partial charge in [0.25, 0.3) is 0 Å². The number of carbonyl (C=O) groups excluding carboxylic acids is 1. The predicted molar refractivity (Wildman–Crippen MR) is 110 cm³/mol. The van der Waals surface area contributed by atoms with E-state index < -0.39 is 22.1 Å². The molecule has 8 nitrogen and oxygen atoms in total.